The number of thioether (sulfide) groups is 1. The van der Waals surface area contributed by atoms with Crippen molar-refractivity contribution >= 4 is 17.7 Å². The number of carbonyl (C=O) groups is 1. The zero-order valence-corrected chi connectivity index (χ0v) is 12.7. The molecule has 0 saturated heterocycles. The number of unbranched alkanes of at least 4 members (excludes halogenated alkanes) is 2. The minimum absolute atomic E-state index is 0.0419. The SMILES string of the molecule is CCCCCNC(=O)CSc1nnnn1CC(C)C. The van der Waals surface area contributed by atoms with Crippen molar-refractivity contribution < 1.29 is 4.79 Å². The Hall–Kier alpha value is -1.11. The van der Waals surface area contributed by atoms with E-state index in [0.29, 0.717) is 16.8 Å². The first-order chi connectivity index (χ1) is 9.13. The number of hydrogen-bond acceptors (Lipinski definition) is 5. The Kier molecular flexibility index (Phi) is 7.47. The molecule has 1 N–H and O–H groups in total. The molecule has 1 aromatic rings. The van der Waals surface area contributed by atoms with Gasteiger partial charge >= 0.3 is 0 Å². The summed E-state index contributed by atoms with van der Waals surface area (Å²) < 4.78 is 1.75. The van der Waals surface area contributed by atoms with Crippen LogP contribution in [0.3, 0.4) is 0 Å². The standard InChI is InChI=1S/C12H23N5OS/c1-4-5-6-7-13-11(18)9-19-12-14-15-16-17(12)8-10(2)3/h10H,4-9H2,1-3H3,(H,13,18). The fourth-order valence-corrected chi connectivity index (χ4v) is 2.26. The van der Waals surface area contributed by atoms with Crippen LogP contribution in [0.15, 0.2) is 5.16 Å². The normalized spacial score (nSPS) is 10.9. The molecule has 108 valence electrons. The molecule has 7 heteroatoms. The summed E-state index contributed by atoms with van der Waals surface area (Å²) in [5, 5.41) is 15.1. The van der Waals surface area contributed by atoms with Gasteiger partial charge in [0.25, 0.3) is 0 Å². The van der Waals surface area contributed by atoms with Crippen molar-refractivity contribution in [3.05, 3.63) is 0 Å². The second kappa shape index (κ2) is 8.90. The second-order valence-corrected chi connectivity index (χ2v) is 5.83. The fraction of sp³-hybridized carbons (Fsp3) is 0.833. The summed E-state index contributed by atoms with van der Waals surface area (Å²) in [6.07, 6.45) is 3.35. The van der Waals surface area contributed by atoms with Gasteiger partial charge in [-0.25, -0.2) is 4.68 Å². The highest BCUT2D eigenvalue weighted by atomic mass is 32.2. The number of carbonyl (C=O) groups excluding carboxylic acids is 1. The first kappa shape index (κ1) is 15.9. The number of nitrogens with one attached hydrogen (secondary N) is 1. The van der Waals surface area contributed by atoms with E-state index in [9.17, 15) is 4.79 Å². The highest BCUT2D eigenvalue weighted by Crippen LogP contribution is 2.14. The molecular formula is C12H23N5OS. The van der Waals surface area contributed by atoms with Crippen LogP contribution in [0.1, 0.15) is 40.0 Å². The second-order valence-electron chi connectivity index (χ2n) is 4.88. The van der Waals surface area contributed by atoms with Gasteiger partial charge in [0.15, 0.2) is 0 Å². The van der Waals surface area contributed by atoms with Crippen LogP contribution in [0.5, 0.6) is 0 Å². The molecule has 1 heterocycles. The van der Waals surface area contributed by atoms with Crippen LogP contribution in [-0.2, 0) is 11.3 Å². The zero-order chi connectivity index (χ0) is 14.1. The summed E-state index contributed by atoms with van der Waals surface area (Å²) in [6.45, 7) is 7.89. The van der Waals surface area contributed by atoms with Crippen LogP contribution < -0.4 is 5.32 Å². The van der Waals surface area contributed by atoms with Crippen LogP contribution >= 0.6 is 11.8 Å². The third-order valence-corrected chi connectivity index (χ3v) is 3.43. The molecule has 0 aromatic carbocycles. The van der Waals surface area contributed by atoms with Crippen LogP contribution in [-0.4, -0.2) is 38.4 Å². The number of aromatic nitrogens is 4. The Morgan fingerprint density at radius 2 is 2.21 bits per heavy atom. The molecule has 1 amide bonds. The van der Waals surface area contributed by atoms with E-state index in [2.05, 4.69) is 41.6 Å². The Balaban J connectivity index is 2.28. The van der Waals surface area contributed by atoms with Crippen molar-refractivity contribution in [2.24, 2.45) is 5.92 Å². The van der Waals surface area contributed by atoms with E-state index in [1.165, 1.54) is 11.8 Å². The summed E-state index contributed by atoms with van der Waals surface area (Å²) in [4.78, 5) is 11.6. The Morgan fingerprint density at radius 3 is 2.89 bits per heavy atom. The molecule has 0 unspecified atom stereocenters. The quantitative estimate of drug-likeness (QED) is 0.552. The fourth-order valence-electron chi connectivity index (χ4n) is 1.54. The molecule has 0 bridgehead atoms. The number of tetrazole rings is 1. The molecule has 0 saturated carbocycles. The van der Waals surface area contributed by atoms with Crippen molar-refractivity contribution in [2.45, 2.75) is 51.7 Å². The first-order valence-corrected chi connectivity index (χ1v) is 7.77. The van der Waals surface area contributed by atoms with Gasteiger partial charge in [-0.2, -0.15) is 0 Å². The number of amides is 1. The third-order valence-electron chi connectivity index (χ3n) is 2.47. The first-order valence-electron chi connectivity index (χ1n) is 6.79. The van der Waals surface area contributed by atoms with Crippen LogP contribution in [0.2, 0.25) is 0 Å². The van der Waals surface area contributed by atoms with Gasteiger partial charge in [0.2, 0.25) is 11.1 Å². The summed E-state index contributed by atoms with van der Waals surface area (Å²) in [5.74, 6) is 0.885. The maximum absolute atomic E-state index is 11.6. The lowest BCUT2D eigenvalue weighted by molar-refractivity contribution is -0.118. The lowest BCUT2D eigenvalue weighted by Crippen LogP contribution is -2.26. The predicted molar refractivity (Wildman–Crippen MR) is 75.9 cm³/mol. The molecule has 0 aliphatic carbocycles. The van der Waals surface area contributed by atoms with Crippen LogP contribution in [0.4, 0.5) is 0 Å². The third kappa shape index (κ3) is 6.56. The average molecular weight is 285 g/mol. The summed E-state index contributed by atoms with van der Waals surface area (Å²) in [7, 11) is 0. The molecule has 1 rings (SSSR count). The van der Waals surface area contributed by atoms with E-state index in [1.54, 1.807) is 4.68 Å². The Bertz CT molecular complexity index is 380. The van der Waals surface area contributed by atoms with Gasteiger partial charge in [-0.15, -0.1) is 5.10 Å². The molecule has 1 aromatic heterocycles. The highest BCUT2D eigenvalue weighted by Gasteiger charge is 2.10. The van der Waals surface area contributed by atoms with Gasteiger partial charge in [0.1, 0.15) is 0 Å². The van der Waals surface area contributed by atoms with Gasteiger partial charge in [0, 0.05) is 13.1 Å². The summed E-state index contributed by atoms with van der Waals surface area (Å²) in [5.41, 5.74) is 0. The van der Waals surface area contributed by atoms with Gasteiger partial charge in [0.05, 0.1) is 5.75 Å². The molecule has 0 aliphatic heterocycles. The largest absolute Gasteiger partial charge is 0.355 e. The lowest BCUT2D eigenvalue weighted by atomic mass is 10.2. The van der Waals surface area contributed by atoms with E-state index >= 15 is 0 Å². The Labute approximate surface area is 118 Å². The molecule has 0 aliphatic rings. The number of hydrogen-bond donors (Lipinski definition) is 1. The molecule has 0 spiro atoms. The van der Waals surface area contributed by atoms with E-state index in [4.69, 9.17) is 0 Å². The topological polar surface area (TPSA) is 72.7 Å². The minimum Gasteiger partial charge on any atom is -0.355 e. The maximum atomic E-state index is 11.6. The van der Waals surface area contributed by atoms with E-state index < -0.39 is 0 Å². The average Bonchev–Trinajstić information content (AvgIpc) is 2.78. The van der Waals surface area contributed by atoms with Crippen molar-refractivity contribution in [2.75, 3.05) is 12.3 Å². The monoisotopic (exact) mass is 285 g/mol. The lowest BCUT2D eigenvalue weighted by Gasteiger charge is -2.07. The van der Waals surface area contributed by atoms with Gasteiger partial charge < -0.3 is 5.32 Å². The summed E-state index contributed by atoms with van der Waals surface area (Å²) in [6, 6.07) is 0. The van der Waals surface area contributed by atoms with Crippen molar-refractivity contribution in [1.29, 1.82) is 0 Å². The molecule has 19 heavy (non-hydrogen) atoms. The molecular weight excluding hydrogens is 262 g/mol. The molecule has 0 atom stereocenters. The summed E-state index contributed by atoms with van der Waals surface area (Å²) >= 11 is 1.38. The zero-order valence-electron chi connectivity index (χ0n) is 11.9. The van der Waals surface area contributed by atoms with Crippen LogP contribution in [0, 0.1) is 5.92 Å². The smallest absolute Gasteiger partial charge is 0.230 e. The van der Waals surface area contributed by atoms with Gasteiger partial charge in [-0.1, -0.05) is 45.4 Å². The molecule has 0 fully saturated rings. The minimum atomic E-state index is 0.0419. The molecule has 0 radical (unpaired) electrons. The van der Waals surface area contributed by atoms with E-state index in [0.717, 1.165) is 32.4 Å². The maximum Gasteiger partial charge on any atom is 0.230 e. The van der Waals surface area contributed by atoms with Crippen molar-refractivity contribution in [3.8, 4) is 0 Å². The number of nitrogens with zero attached hydrogens (tertiary/aromatic N) is 4. The highest BCUT2D eigenvalue weighted by molar-refractivity contribution is 7.99. The van der Waals surface area contributed by atoms with E-state index in [1.807, 2.05) is 0 Å². The van der Waals surface area contributed by atoms with Crippen molar-refractivity contribution in [3.63, 3.8) is 0 Å². The number of rotatable bonds is 9. The van der Waals surface area contributed by atoms with Gasteiger partial charge in [-0.05, 0) is 22.8 Å². The molecule has 6 nitrogen and oxygen atoms in total. The van der Waals surface area contributed by atoms with Gasteiger partial charge in [-0.3, -0.25) is 4.79 Å². The van der Waals surface area contributed by atoms with Crippen LogP contribution in [0.25, 0.3) is 0 Å². The predicted octanol–water partition coefficient (Wildman–Crippen LogP) is 1.73. The Morgan fingerprint density at radius 1 is 1.42 bits per heavy atom. The van der Waals surface area contributed by atoms with E-state index in [-0.39, 0.29) is 5.91 Å². The van der Waals surface area contributed by atoms with Crippen molar-refractivity contribution in [1.82, 2.24) is 25.5 Å².